The average molecular weight is 281 g/mol. The summed E-state index contributed by atoms with van der Waals surface area (Å²) in [5, 5.41) is 1.19. The van der Waals surface area contributed by atoms with Crippen LogP contribution in [0.2, 0.25) is 0 Å². The molecule has 0 bridgehead atoms. The Kier molecular flexibility index (Phi) is 4.85. The van der Waals surface area contributed by atoms with Gasteiger partial charge in [0.2, 0.25) is 0 Å². The first kappa shape index (κ1) is 14.8. The van der Waals surface area contributed by atoms with Crippen molar-refractivity contribution < 1.29 is 0 Å². The molecule has 0 saturated carbocycles. The smallest absolute Gasteiger partial charge is 0.185 e. The lowest BCUT2D eigenvalue weighted by molar-refractivity contribution is 0.422. The molecule has 2 unspecified atom stereocenters. The Balaban J connectivity index is 2.15. The summed E-state index contributed by atoms with van der Waals surface area (Å²) in [5.41, 5.74) is 7.12. The van der Waals surface area contributed by atoms with Crippen molar-refractivity contribution in [2.75, 3.05) is 18.0 Å². The van der Waals surface area contributed by atoms with Crippen molar-refractivity contribution in [2.24, 2.45) is 17.6 Å². The number of aromatic nitrogens is 1. The first-order chi connectivity index (χ1) is 9.06. The third kappa shape index (κ3) is 3.11. The van der Waals surface area contributed by atoms with Crippen molar-refractivity contribution >= 4 is 16.5 Å². The third-order valence-corrected chi connectivity index (χ3v) is 5.57. The lowest BCUT2D eigenvalue weighted by Gasteiger charge is -2.17. The summed E-state index contributed by atoms with van der Waals surface area (Å²) >= 11 is 1.80. The Bertz CT molecular complexity index is 414. The van der Waals surface area contributed by atoms with Crippen LogP contribution in [0.15, 0.2) is 0 Å². The average Bonchev–Trinajstić information content (AvgIpc) is 3.03. The van der Waals surface area contributed by atoms with Crippen LogP contribution in [0.4, 0.5) is 5.13 Å². The van der Waals surface area contributed by atoms with E-state index in [1.54, 1.807) is 11.3 Å². The zero-order valence-electron chi connectivity index (χ0n) is 12.6. The van der Waals surface area contributed by atoms with E-state index < -0.39 is 0 Å². The van der Waals surface area contributed by atoms with Gasteiger partial charge in [-0.25, -0.2) is 4.98 Å². The summed E-state index contributed by atoms with van der Waals surface area (Å²) < 4.78 is 0. The van der Waals surface area contributed by atoms with Gasteiger partial charge in [-0.15, -0.1) is 11.3 Å². The molecular weight excluding hydrogens is 254 g/mol. The van der Waals surface area contributed by atoms with Crippen molar-refractivity contribution in [3.8, 4) is 0 Å². The van der Waals surface area contributed by atoms with Gasteiger partial charge < -0.3 is 10.6 Å². The number of anilines is 1. The van der Waals surface area contributed by atoms with Crippen LogP contribution >= 0.6 is 11.3 Å². The van der Waals surface area contributed by atoms with E-state index in [0.29, 0.717) is 12.5 Å². The molecule has 3 nitrogen and oxygen atoms in total. The maximum Gasteiger partial charge on any atom is 0.185 e. The Morgan fingerprint density at radius 3 is 2.68 bits per heavy atom. The summed E-state index contributed by atoms with van der Waals surface area (Å²) in [6.45, 7) is 12.1. The van der Waals surface area contributed by atoms with Gasteiger partial charge in [-0.3, -0.25) is 0 Å². The van der Waals surface area contributed by atoms with Gasteiger partial charge in [-0.2, -0.15) is 0 Å². The third-order valence-electron chi connectivity index (χ3n) is 4.42. The number of hydrogen-bond donors (Lipinski definition) is 1. The minimum atomic E-state index is 0.520. The normalized spacial score (nSPS) is 21.4. The highest BCUT2D eigenvalue weighted by molar-refractivity contribution is 7.15. The lowest BCUT2D eigenvalue weighted by atomic mass is 9.95. The molecule has 1 aromatic rings. The van der Waals surface area contributed by atoms with E-state index in [1.807, 2.05) is 0 Å². The fourth-order valence-electron chi connectivity index (χ4n) is 2.72. The fraction of sp³-hybridized carbons (Fsp3) is 0.800. The van der Waals surface area contributed by atoms with Crippen molar-refractivity contribution in [2.45, 2.75) is 53.0 Å². The van der Waals surface area contributed by atoms with E-state index >= 15 is 0 Å². The number of hydrogen-bond acceptors (Lipinski definition) is 4. The topological polar surface area (TPSA) is 42.2 Å². The Morgan fingerprint density at radius 1 is 1.42 bits per heavy atom. The molecule has 1 aliphatic rings. The Morgan fingerprint density at radius 2 is 2.16 bits per heavy atom. The molecule has 0 spiro atoms. The monoisotopic (exact) mass is 281 g/mol. The molecule has 2 heterocycles. The minimum Gasteiger partial charge on any atom is -0.348 e. The molecule has 108 valence electrons. The molecule has 0 aromatic carbocycles. The minimum absolute atomic E-state index is 0.520. The highest BCUT2D eigenvalue weighted by atomic mass is 32.1. The van der Waals surface area contributed by atoms with Crippen LogP contribution in [0.5, 0.6) is 0 Å². The molecule has 1 fully saturated rings. The molecule has 0 amide bonds. The van der Waals surface area contributed by atoms with E-state index in [9.17, 15) is 0 Å². The molecular formula is C15H27N3S. The van der Waals surface area contributed by atoms with Crippen LogP contribution in [-0.4, -0.2) is 18.1 Å². The summed E-state index contributed by atoms with van der Waals surface area (Å²) in [5.74, 6) is 2.11. The second-order valence-corrected chi connectivity index (χ2v) is 7.12. The van der Waals surface area contributed by atoms with Crippen LogP contribution in [0.3, 0.4) is 0 Å². The maximum atomic E-state index is 5.88. The molecule has 2 rings (SSSR count). The molecule has 1 aromatic heterocycles. The van der Waals surface area contributed by atoms with Gasteiger partial charge in [0.15, 0.2) is 5.13 Å². The molecule has 1 saturated heterocycles. The van der Waals surface area contributed by atoms with E-state index in [2.05, 4.69) is 32.6 Å². The van der Waals surface area contributed by atoms with Gasteiger partial charge in [0.1, 0.15) is 0 Å². The summed E-state index contributed by atoms with van der Waals surface area (Å²) in [6, 6.07) is 0. The molecule has 0 radical (unpaired) electrons. The van der Waals surface area contributed by atoms with Crippen molar-refractivity contribution in [1.82, 2.24) is 4.98 Å². The highest BCUT2D eigenvalue weighted by Crippen LogP contribution is 2.35. The number of thiazole rings is 1. The van der Waals surface area contributed by atoms with Crippen LogP contribution in [-0.2, 0) is 6.54 Å². The van der Waals surface area contributed by atoms with E-state index in [-0.39, 0.29) is 0 Å². The van der Waals surface area contributed by atoms with E-state index in [0.717, 1.165) is 31.3 Å². The van der Waals surface area contributed by atoms with Crippen molar-refractivity contribution in [3.05, 3.63) is 10.6 Å². The summed E-state index contributed by atoms with van der Waals surface area (Å²) in [4.78, 5) is 8.63. The molecule has 1 aliphatic heterocycles. The van der Waals surface area contributed by atoms with E-state index in [1.165, 1.54) is 22.1 Å². The standard InChI is InChI=1S/C15H27N3S/c1-5-11(4)14-13(8-16)19-15(17-14)18-7-6-12(9-18)10(2)3/h10-12H,5-9,16H2,1-4H3. The Hall–Kier alpha value is -0.610. The number of nitrogens with zero attached hydrogens (tertiary/aromatic N) is 2. The molecule has 2 N–H and O–H groups in total. The van der Waals surface area contributed by atoms with E-state index in [4.69, 9.17) is 10.7 Å². The molecule has 0 aliphatic carbocycles. The lowest BCUT2D eigenvalue weighted by Crippen LogP contribution is -2.21. The summed E-state index contributed by atoms with van der Waals surface area (Å²) in [6.07, 6.45) is 2.43. The van der Waals surface area contributed by atoms with Gasteiger partial charge in [0.25, 0.3) is 0 Å². The SMILES string of the molecule is CCC(C)c1nc(N2CCC(C(C)C)C2)sc1CN. The van der Waals surface area contributed by atoms with Crippen LogP contribution in [0, 0.1) is 11.8 Å². The molecule has 2 atom stereocenters. The number of rotatable bonds is 5. The zero-order chi connectivity index (χ0) is 14.0. The van der Waals surface area contributed by atoms with Crippen molar-refractivity contribution in [3.63, 3.8) is 0 Å². The second kappa shape index (κ2) is 6.23. The molecule has 19 heavy (non-hydrogen) atoms. The first-order valence-electron chi connectivity index (χ1n) is 7.51. The first-order valence-corrected chi connectivity index (χ1v) is 8.33. The van der Waals surface area contributed by atoms with Gasteiger partial charge in [0, 0.05) is 24.5 Å². The van der Waals surface area contributed by atoms with Crippen LogP contribution < -0.4 is 10.6 Å². The van der Waals surface area contributed by atoms with Crippen LogP contribution in [0.25, 0.3) is 0 Å². The predicted octanol–water partition coefficient (Wildman–Crippen LogP) is 3.60. The van der Waals surface area contributed by atoms with Crippen LogP contribution in [0.1, 0.15) is 57.0 Å². The van der Waals surface area contributed by atoms with Gasteiger partial charge in [0.05, 0.1) is 5.69 Å². The largest absolute Gasteiger partial charge is 0.348 e. The zero-order valence-corrected chi connectivity index (χ0v) is 13.5. The second-order valence-electron chi connectivity index (χ2n) is 6.06. The van der Waals surface area contributed by atoms with Crippen molar-refractivity contribution in [1.29, 1.82) is 0 Å². The summed E-state index contributed by atoms with van der Waals surface area (Å²) in [7, 11) is 0. The maximum absolute atomic E-state index is 5.88. The van der Waals surface area contributed by atoms with Gasteiger partial charge in [-0.05, 0) is 30.6 Å². The fourth-order valence-corrected chi connectivity index (χ4v) is 3.81. The number of nitrogens with two attached hydrogens (primary N) is 1. The highest BCUT2D eigenvalue weighted by Gasteiger charge is 2.27. The predicted molar refractivity (Wildman–Crippen MR) is 83.9 cm³/mol. The van der Waals surface area contributed by atoms with Gasteiger partial charge in [-0.1, -0.05) is 27.7 Å². The van der Waals surface area contributed by atoms with Gasteiger partial charge >= 0.3 is 0 Å². The molecule has 4 heteroatoms. The Labute approximate surface area is 121 Å². The quantitative estimate of drug-likeness (QED) is 0.896.